The normalized spacial score (nSPS) is 15.4. The first kappa shape index (κ1) is 29.1. The van der Waals surface area contributed by atoms with Crippen LogP contribution in [0.4, 0.5) is 50.8 Å². The number of urea groups is 1. The zero-order chi connectivity index (χ0) is 30.0. The van der Waals surface area contributed by atoms with Gasteiger partial charge in [-0.05, 0) is 55.4 Å². The maximum Gasteiger partial charge on any atom is 0.418 e. The first-order chi connectivity index (χ1) is 20.1. The molecule has 42 heavy (non-hydrogen) atoms. The van der Waals surface area contributed by atoms with Crippen molar-refractivity contribution in [3.05, 3.63) is 71.3 Å². The fourth-order valence-electron chi connectivity index (χ4n) is 5.36. The predicted molar refractivity (Wildman–Crippen MR) is 153 cm³/mol. The average Bonchev–Trinajstić information content (AvgIpc) is 3.43. The molecule has 1 fully saturated rings. The number of hydrogen-bond donors (Lipinski definition) is 3. The fourth-order valence-corrected chi connectivity index (χ4v) is 5.36. The van der Waals surface area contributed by atoms with E-state index in [2.05, 4.69) is 25.8 Å². The molecule has 3 heterocycles. The van der Waals surface area contributed by atoms with E-state index in [-0.39, 0.29) is 28.7 Å². The smallest absolute Gasteiger partial charge is 0.368 e. The van der Waals surface area contributed by atoms with Crippen LogP contribution < -0.4 is 25.8 Å². The third-order valence-electron chi connectivity index (χ3n) is 7.58. The summed E-state index contributed by atoms with van der Waals surface area (Å²) in [4.78, 5) is 34.5. The molecular formula is C29H31F4N7O2. The maximum absolute atomic E-state index is 15.5. The molecule has 2 aromatic carbocycles. The van der Waals surface area contributed by atoms with Crippen LogP contribution in [-0.2, 0) is 12.6 Å². The first-order valence-corrected chi connectivity index (χ1v) is 13.6. The molecule has 0 spiro atoms. The quantitative estimate of drug-likeness (QED) is 0.350. The van der Waals surface area contributed by atoms with Gasteiger partial charge in [-0.1, -0.05) is 6.92 Å². The maximum atomic E-state index is 15.5. The van der Waals surface area contributed by atoms with Gasteiger partial charge in [0.1, 0.15) is 5.69 Å². The highest BCUT2D eigenvalue weighted by Crippen LogP contribution is 2.40. The van der Waals surface area contributed by atoms with Crippen LogP contribution >= 0.6 is 0 Å². The van der Waals surface area contributed by atoms with E-state index in [1.165, 1.54) is 31.4 Å². The lowest BCUT2D eigenvalue weighted by atomic mass is 10.1. The van der Waals surface area contributed by atoms with Crippen molar-refractivity contribution in [2.24, 2.45) is 0 Å². The SMILES string of the molecule is CCN1CCN(c2ccc(NC(=O)Nc3ccc4c(c3F)CCN4c3ccnc(C(=O)NC)c3)cc2C(F)(F)F)CC1. The Morgan fingerprint density at radius 3 is 2.38 bits per heavy atom. The molecule has 0 bridgehead atoms. The van der Waals surface area contributed by atoms with Gasteiger partial charge in [0.25, 0.3) is 5.91 Å². The first-order valence-electron chi connectivity index (χ1n) is 13.6. The van der Waals surface area contributed by atoms with Crippen molar-refractivity contribution in [3.63, 3.8) is 0 Å². The molecule has 1 aromatic heterocycles. The summed E-state index contributed by atoms with van der Waals surface area (Å²) >= 11 is 0. The summed E-state index contributed by atoms with van der Waals surface area (Å²) < 4.78 is 57.4. The number of alkyl halides is 3. The second-order valence-corrected chi connectivity index (χ2v) is 10.0. The number of nitrogens with zero attached hydrogens (tertiary/aromatic N) is 4. The molecule has 0 unspecified atom stereocenters. The number of fused-ring (bicyclic) bond motifs is 1. The van der Waals surface area contributed by atoms with Crippen molar-refractivity contribution in [3.8, 4) is 0 Å². The summed E-state index contributed by atoms with van der Waals surface area (Å²) in [6.45, 7) is 5.56. The van der Waals surface area contributed by atoms with E-state index >= 15 is 4.39 Å². The van der Waals surface area contributed by atoms with Gasteiger partial charge in [0, 0.05) is 74.3 Å². The summed E-state index contributed by atoms with van der Waals surface area (Å²) in [5.74, 6) is -0.983. The van der Waals surface area contributed by atoms with Crippen LogP contribution in [0.15, 0.2) is 48.7 Å². The van der Waals surface area contributed by atoms with Crippen LogP contribution in [0.2, 0.25) is 0 Å². The van der Waals surface area contributed by atoms with Crippen molar-refractivity contribution < 1.29 is 27.2 Å². The Morgan fingerprint density at radius 1 is 0.952 bits per heavy atom. The van der Waals surface area contributed by atoms with Crippen molar-refractivity contribution >= 4 is 40.4 Å². The van der Waals surface area contributed by atoms with Crippen LogP contribution in [-0.4, -0.2) is 68.1 Å². The molecule has 3 N–H and O–H groups in total. The summed E-state index contributed by atoms with van der Waals surface area (Å²) in [5, 5.41) is 7.34. The molecule has 222 valence electrons. The van der Waals surface area contributed by atoms with Gasteiger partial charge in [0.15, 0.2) is 5.82 Å². The number of likely N-dealkylation sites (N-methyl/N-ethyl adjacent to an activating group) is 1. The van der Waals surface area contributed by atoms with E-state index in [9.17, 15) is 22.8 Å². The van der Waals surface area contributed by atoms with Gasteiger partial charge in [-0.15, -0.1) is 0 Å². The van der Waals surface area contributed by atoms with Gasteiger partial charge in [-0.3, -0.25) is 9.78 Å². The largest absolute Gasteiger partial charge is 0.418 e. The Labute approximate surface area is 240 Å². The molecular weight excluding hydrogens is 554 g/mol. The van der Waals surface area contributed by atoms with Gasteiger partial charge in [-0.2, -0.15) is 13.2 Å². The number of amides is 3. The van der Waals surface area contributed by atoms with Crippen LogP contribution in [0.1, 0.15) is 28.5 Å². The average molecular weight is 586 g/mol. The second kappa shape index (κ2) is 11.8. The molecule has 0 radical (unpaired) electrons. The van der Waals surface area contributed by atoms with Crippen molar-refractivity contribution in [1.82, 2.24) is 15.2 Å². The van der Waals surface area contributed by atoms with E-state index in [0.717, 1.165) is 12.6 Å². The zero-order valence-electron chi connectivity index (χ0n) is 23.2. The highest BCUT2D eigenvalue weighted by Gasteiger charge is 2.36. The Kier molecular flexibility index (Phi) is 8.21. The Morgan fingerprint density at radius 2 is 1.69 bits per heavy atom. The molecule has 2 aliphatic heterocycles. The molecule has 5 rings (SSSR count). The number of aromatic nitrogens is 1. The molecule has 0 aliphatic carbocycles. The molecule has 1 saturated heterocycles. The van der Waals surface area contributed by atoms with E-state index in [1.54, 1.807) is 23.1 Å². The number of rotatable bonds is 6. The zero-order valence-corrected chi connectivity index (χ0v) is 23.2. The van der Waals surface area contributed by atoms with Crippen LogP contribution in [0.5, 0.6) is 0 Å². The minimum atomic E-state index is -4.63. The van der Waals surface area contributed by atoms with Crippen molar-refractivity contribution in [2.75, 3.05) is 66.7 Å². The number of nitrogens with one attached hydrogen (secondary N) is 3. The lowest BCUT2D eigenvalue weighted by molar-refractivity contribution is -0.137. The Balaban J connectivity index is 1.30. The number of pyridine rings is 1. The Hall–Kier alpha value is -4.39. The van der Waals surface area contributed by atoms with E-state index in [4.69, 9.17) is 0 Å². The van der Waals surface area contributed by atoms with Crippen molar-refractivity contribution in [2.45, 2.75) is 19.5 Å². The highest BCUT2D eigenvalue weighted by atomic mass is 19.4. The van der Waals surface area contributed by atoms with E-state index < -0.39 is 23.6 Å². The summed E-state index contributed by atoms with van der Waals surface area (Å²) in [5.41, 5.74) is 0.898. The fraction of sp³-hybridized carbons (Fsp3) is 0.345. The topological polar surface area (TPSA) is 92.8 Å². The number of halogens is 4. The molecule has 13 heteroatoms. The number of piperazine rings is 1. The van der Waals surface area contributed by atoms with Crippen molar-refractivity contribution in [1.29, 1.82) is 0 Å². The summed E-state index contributed by atoms with van der Waals surface area (Å²) in [7, 11) is 1.50. The monoisotopic (exact) mass is 585 g/mol. The minimum Gasteiger partial charge on any atom is -0.368 e. The number of hydrogen-bond acceptors (Lipinski definition) is 6. The van der Waals surface area contributed by atoms with Gasteiger partial charge in [0.2, 0.25) is 0 Å². The third-order valence-corrected chi connectivity index (χ3v) is 7.58. The number of anilines is 5. The van der Waals surface area contributed by atoms with Gasteiger partial charge < -0.3 is 30.7 Å². The molecule has 2 aliphatic rings. The molecule has 0 saturated carbocycles. The molecule has 0 atom stereocenters. The lowest BCUT2D eigenvalue weighted by Gasteiger charge is -2.36. The van der Waals surface area contributed by atoms with Crippen LogP contribution in [0.25, 0.3) is 0 Å². The second-order valence-electron chi connectivity index (χ2n) is 10.0. The standard InChI is InChI=1S/C29H31F4N7O2/c1-3-38-12-14-39(15-13-38)25-6-4-18(16-21(25)29(31,32)33)36-28(42)37-22-5-7-24-20(26(22)30)9-11-40(24)19-8-10-35-23(17-19)27(41)34-2/h4-8,10,16-17H,3,9,11-15H2,1-2H3,(H,34,41)(H2,36,37,42). The predicted octanol–water partition coefficient (Wildman–Crippen LogP) is 5.08. The summed E-state index contributed by atoms with van der Waals surface area (Å²) in [6, 6.07) is 9.17. The van der Waals surface area contributed by atoms with E-state index in [1.807, 2.05) is 11.8 Å². The molecule has 9 nitrogen and oxygen atoms in total. The lowest BCUT2D eigenvalue weighted by Crippen LogP contribution is -2.46. The minimum absolute atomic E-state index is 0.0619. The van der Waals surface area contributed by atoms with E-state index in [0.29, 0.717) is 56.1 Å². The number of carbonyl (C=O) groups excluding carboxylic acids is 2. The number of carbonyl (C=O) groups is 2. The summed E-state index contributed by atoms with van der Waals surface area (Å²) in [6.07, 6.45) is -2.78. The highest BCUT2D eigenvalue weighted by molar-refractivity contribution is 6.00. The van der Waals surface area contributed by atoms with Gasteiger partial charge >= 0.3 is 12.2 Å². The van der Waals surface area contributed by atoms with Gasteiger partial charge in [-0.25, -0.2) is 9.18 Å². The molecule has 3 aromatic rings. The third kappa shape index (κ3) is 5.96. The van der Waals surface area contributed by atoms with Crippen LogP contribution in [0.3, 0.4) is 0 Å². The number of benzene rings is 2. The Bertz CT molecular complexity index is 1490. The van der Waals surface area contributed by atoms with Crippen LogP contribution in [0, 0.1) is 5.82 Å². The van der Waals surface area contributed by atoms with Gasteiger partial charge in [0.05, 0.1) is 11.3 Å². The molecule has 3 amide bonds.